The van der Waals surface area contributed by atoms with E-state index in [0.717, 1.165) is 96.3 Å². The van der Waals surface area contributed by atoms with Crippen LogP contribution in [0.1, 0.15) is 316 Å². The molecule has 0 amide bonds. The normalized spacial score (nSPS) is 13.6. The summed E-state index contributed by atoms with van der Waals surface area (Å²) in [5.41, 5.74) is 0. The largest absolute Gasteiger partial charge is 0.472 e. The van der Waals surface area contributed by atoms with Crippen molar-refractivity contribution in [2.45, 2.75) is 328 Å². The molecule has 0 aliphatic rings. The van der Waals surface area contributed by atoms with E-state index in [4.69, 9.17) is 23.3 Å². The van der Waals surface area contributed by atoms with Crippen molar-refractivity contribution < 1.29 is 52.2 Å². The van der Waals surface area contributed by atoms with Crippen LogP contribution in [0.25, 0.3) is 0 Å². The monoisotopic (exact) mass is 1120 g/mol. The lowest BCUT2D eigenvalue weighted by Gasteiger charge is -2.21. The fourth-order valence-electron chi connectivity index (χ4n) is 9.20. The number of aliphatic hydroxyl groups excluding tert-OH is 1. The lowest BCUT2D eigenvalue weighted by atomic mass is 10.1. The third-order valence-electron chi connectivity index (χ3n) is 14.2. The van der Waals surface area contributed by atoms with Gasteiger partial charge < -0.3 is 24.2 Å². The molecule has 0 saturated heterocycles. The van der Waals surface area contributed by atoms with Gasteiger partial charge in [0.05, 0.1) is 19.8 Å². The predicted molar refractivity (Wildman–Crippen MR) is 325 cm³/mol. The van der Waals surface area contributed by atoms with Crippen LogP contribution in [0.15, 0.2) is 48.6 Å². The van der Waals surface area contributed by atoms with E-state index in [0.29, 0.717) is 19.3 Å². The SMILES string of the molecule is CCCCC/C=C\C/C=C\CCCCCCCCCCCC(=O)OCC(COP(=O)(O)OCC(CO)OC(=O)CCCCCCC/C=C\CCCCCCCC)OC(=O)CCCCCCCCC/C=C\CCCCCCCC. The first kappa shape index (κ1) is 75.4. The zero-order valence-electron chi connectivity index (χ0n) is 50.6. The molecule has 11 nitrogen and oxygen atoms in total. The van der Waals surface area contributed by atoms with Crippen LogP contribution in [-0.4, -0.2) is 66.5 Å². The smallest absolute Gasteiger partial charge is 0.462 e. The van der Waals surface area contributed by atoms with Crippen molar-refractivity contribution in [3.8, 4) is 0 Å². The maximum absolute atomic E-state index is 13.0. The van der Waals surface area contributed by atoms with Crippen molar-refractivity contribution in [2.24, 2.45) is 0 Å². The van der Waals surface area contributed by atoms with E-state index < -0.39 is 57.8 Å². The van der Waals surface area contributed by atoms with Crippen LogP contribution in [0.4, 0.5) is 0 Å². The highest BCUT2D eigenvalue weighted by atomic mass is 31.2. The molecule has 0 fully saturated rings. The fourth-order valence-corrected chi connectivity index (χ4v) is 9.99. The number of hydrogen-bond acceptors (Lipinski definition) is 10. The van der Waals surface area contributed by atoms with Crippen molar-refractivity contribution in [3.63, 3.8) is 0 Å². The van der Waals surface area contributed by atoms with E-state index in [-0.39, 0.29) is 25.9 Å². The van der Waals surface area contributed by atoms with Crippen LogP contribution in [-0.2, 0) is 42.2 Å². The fraction of sp³-hybridized carbons (Fsp3) is 0.833. The highest BCUT2D eigenvalue weighted by molar-refractivity contribution is 7.47. The molecule has 0 heterocycles. The molecule has 3 atom stereocenters. The van der Waals surface area contributed by atoms with E-state index in [1.807, 2.05) is 0 Å². The second-order valence-corrected chi connectivity index (χ2v) is 23.4. The number of allylic oxidation sites excluding steroid dienone is 8. The van der Waals surface area contributed by atoms with Gasteiger partial charge in [0.2, 0.25) is 0 Å². The Balaban J connectivity index is 4.69. The number of phosphoric ester groups is 1. The molecule has 78 heavy (non-hydrogen) atoms. The topological polar surface area (TPSA) is 155 Å². The van der Waals surface area contributed by atoms with Crippen molar-refractivity contribution >= 4 is 25.7 Å². The van der Waals surface area contributed by atoms with Crippen LogP contribution >= 0.6 is 7.82 Å². The first-order valence-electron chi connectivity index (χ1n) is 32.5. The Hall–Kier alpha value is -2.56. The van der Waals surface area contributed by atoms with Gasteiger partial charge in [0.25, 0.3) is 0 Å². The molecule has 0 aliphatic carbocycles. The highest BCUT2D eigenvalue weighted by Gasteiger charge is 2.28. The molecule has 12 heteroatoms. The molecule has 0 rings (SSSR count). The Kier molecular flexibility index (Phi) is 58.5. The summed E-state index contributed by atoms with van der Waals surface area (Å²) in [6.07, 6.45) is 66.3. The molecule has 0 saturated carbocycles. The Bertz CT molecular complexity index is 1490. The van der Waals surface area contributed by atoms with Gasteiger partial charge in [-0.25, -0.2) is 4.57 Å². The van der Waals surface area contributed by atoms with Crippen molar-refractivity contribution in [1.29, 1.82) is 0 Å². The molecule has 0 aromatic heterocycles. The number of esters is 3. The minimum atomic E-state index is -4.75. The van der Waals surface area contributed by atoms with Crippen LogP contribution in [0.5, 0.6) is 0 Å². The van der Waals surface area contributed by atoms with Crippen LogP contribution in [0, 0.1) is 0 Å². The van der Waals surface area contributed by atoms with Crippen LogP contribution in [0.3, 0.4) is 0 Å². The quantitative estimate of drug-likeness (QED) is 0.0197. The number of phosphoric acid groups is 1. The first-order valence-corrected chi connectivity index (χ1v) is 34.0. The highest BCUT2D eigenvalue weighted by Crippen LogP contribution is 2.43. The van der Waals surface area contributed by atoms with Crippen molar-refractivity contribution in [2.75, 3.05) is 26.4 Å². The lowest BCUT2D eigenvalue weighted by Crippen LogP contribution is -2.30. The molecule has 456 valence electrons. The molecular formula is C66H121O11P. The molecule has 0 aliphatic heterocycles. The summed E-state index contributed by atoms with van der Waals surface area (Å²) in [7, 11) is -4.75. The average Bonchev–Trinajstić information content (AvgIpc) is 3.43. The Morgan fingerprint density at radius 3 is 0.987 bits per heavy atom. The third kappa shape index (κ3) is 58.1. The summed E-state index contributed by atoms with van der Waals surface area (Å²) in [6, 6.07) is 0. The minimum absolute atomic E-state index is 0.163. The summed E-state index contributed by atoms with van der Waals surface area (Å²) in [4.78, 5) is 48.7. The van der Waals surface area contributed by atoms with Gasteiger partial charge >= 0.3 is 25.7 Å². The zero-order chi connectivity index (χ0) is 56.9. The van der Waals surface area contributed by atoms with Gasteiger partial charge in [-0.05, 0) is 103 Å². The van der Waals surface area contributed by atoms with Gasteiger partial charge in [-0.1, -0.05) is 243 Å². The van der Waals surface area contributed by atoms with E-state index >= 15 is 0 Å². The maximum atomic E-state index is 13.0. The molecule has 0 radical (unpaired) electrons. The Labute approximate surface area is 479 Å². The van der Waals surface area contributed by atoms with Gasteiger partial charge in [-0.3, -0.25) is 23.4 Å². The molecule has 0 bridgehead atoms. The van der Waals surface area contributed by atoms with Gasteiger partial charge in [0.15, 0.2) is 6.10 Å². The van der Waals surface area contributed by atoms with E-state index in [2.05, 4.69) is 69.4 Å². The van der Waals surface area contributed by atoms with Gasteiger partial charge in [0.1, 0.15) is 12.7 Å². The summed E-state index contributed by atoms with van der Waals surface area (Å²) < 4.78 is 39.7. The molecule has 0 aromatic rings. The number of carbonyl (C=O) groups excluding carboxylic acids is 3. The Morgan fingerprint density at radius 2 is 0.628 bits per heavy atom. The second kappa shape index (κ2) is 60.5. The summed E-state index contributed by atoms with van der Waals surface area (Å²) in [6.45, 7) is 4.65. The van der Waals surface area contributed by atoms with Gasteiger partial charge in [-0.2, -0.15) is 0 Å². The molecular weight excluding hydrogens is 1000 g/mol. The first-order chi connectivity index (χ1) is 38.2. The zero-order valence-corrected chi connectivity index (χ0v) is 51.5. The second-order valence-electron chi connectivity index (χ2n) is 21.9. The van der Waals surface area contributed by atoms with Crippen LogP contribution < -0.4 is 0 Å². The minimum Gasteiger partial charge on any atom is -0.462 e. The summed E-state index contributed by atoms with van der Waals surface area (Å²) >= 11 is 0. The Morgan fingerprint density at radius 1 is 0.359 bits per heavy atom. The molecule has 0 aromatic carbocycles. The van der Waals surface area contributed by atoms with E-state index in [9.17, 15) is 28.9 Å². The number of unbranched alkanes of at least 4 members (excludes halogenated alkanes) is 36. The van der Waals surface area contributed by atoms with Gasteiger partial charge in [0, 0.05) is 19.3 Å². The standard InChI is InChI=1S/C66H121O11P/c1-4-7-10-13-16-19-22-25-28-30-31-33-35-37-40-43-46-49-52-55-64(68)73-59-63(77-66(70)57-54-51-48-45-42-39-36-32-29-26-23-20-17-14-11-8-5-2)61-75-78(71,72)74-60-62(58-67)76-65(69)56-53-50-47-44-41-38-34-27-24-21-18-15-12-9-6-3/h16,19,25-29,34,62-63,67H,4-15,17-18,20-24,30-33,35-61H2,1-3H3,(H,71,72)/b19-16-,28-25-,29-26-,34-27-. The molecule has 2 N–H and O–H groups in total. The molecule has 3 unspecified atom stereocenters. The number of ether oxygens (including phenoxy) is 3. The third-order valence-corrected chi connectivity index (χ3v) is 15.1. The summed E-state index contributed by atoms with van der Waals surface area (Å²) in [5.74, 6) is -1.46. The average molecular weight is 1120 g/mol. The van der Waals surface area contributed by atoms with Crippen molar-refractivity contribution in [1.82, 2.24) is 0 Å². The van der Waals surface area contributed by atoms with Crippen LogP contribution in [0.2, 0.25) is 0 Å². The number of aliphatic hydroxyl groups is 1. The number of hydrogen-bond donors (Lipinski definition) is 2. The van der Waals surface area contributed by atoms with E-state index in [1.54, 1.807) is 0 Å². The number of rotatable bonds is 61. The van der Waals surface area contributed by atoms with E-state index in [1.165, 1.54) is 161 Å². The number of carbonyl (C=O) groups is 3. The van der Waals surface area contributed by atoms with Gasteiger partial charge in [-0.15, -0.1) is 0 Å². The summed E-state index contributed by atoms with van der Waals surface area (Å²) in [5, 5.41) is 9.85. The van der Waals surface area contributed by atoms with Crippen molar-refractivity contribution in [3.05, 3.63) is 48.6 Å². The maximum Gasteiger partial charge on any atom is 0.472 e. The lowest BCUT2D eigenvalue weighted by molar-refractivity contribution is -0.161. The molecule has 0 spiro atoms. The predicted octanol–water partition coefficient (Wildman–Crippen LogP) is 19.7.